The average Bonchev–Trinajstić information content (AvgIpc) is 2.79. The third-order valence-corrected chi connectivity index (χ3v) is 4.80. The topological polar surface area (TPSA) is 19.0 Å². The van der Waals surface area contributed by atoms with Crippen LogP contribution in [0.5, 0.6) is 0 Å². The van der Waals surface area contributed by atoms with E-state index < -0.39 is 0 Å². The molecule has 2 nitrogen and oxygen atoms in total. The lowest BCUT2D eigenvalue weighted by molar-refractivity contribution is 0.124. The molecular weight excluding hydrogens is 220 g/mol. The van der Waals surface area contributed by atoms with Crippen LogP contribution in [0.3, 0.4) is 0 Å². The third kappa shape index (κ3) is 1.33. The minimum Gasteiger partial charge on any atom is -0.357 e. The van der Waals surface area contributed by atoms with Crippen LogP contribution in [0.4, 0.5) is 0 Å². The molecule has 2 aromatic rings. The number of hydrogen-bond donors (Lipinski definition) is 1. The second-order valence-electron chi connectivity index (χ2n) is 5.76. The van der Waals surface area contributed by atoms with E-state index in [4.69, 9.17) is 0 Å². The van der Waals surface area contributed by atoms with Crippen molar-refractivity contribution in [2.45, 2.75) is 38.1 Å². The fourth-order valence-electron chi connectivity index (χ4n) is 4.06. The highest BCUT2D eigenvalue weighted by atomic mass is 15.2. The zero-order valence-electron chi connectivity index (χ0n) is 10.9. The van der Waals surface area contributed by atoms with Crippen molar-refractivity contribution in [1.82, 2.24) is 9.88 Å². The maximum Gasteiger partial charge on any atom is 0.0499 e. The van der Waals surface area contributed by atoms with Crippen LogP contribution in [0.15, 0.2) is 24.3 Å². The zero-order valence-corrected chi connectivity index (χ0v) is 10.9. The first-order valence-electron chi connectivity index (χ1n) is 7.23. The molecule has 18 heavy (non-hydrogen) atoms. The van der Waals surface area contributed by atoms with Gasteiger partial charge in [0, 0.05) is 29.2 Å². The van der Waals surface area contributed by atoms with Gasteiger partial charge in [-0.2, -0.15) is 0 Å². The van der Waals surface area contributed by atoms with Gasteiger partial charge < -0.3 is 4.98 Å². The predicted molar refractivity (Wildman–Crippen MR) is 74.9 cm³/mol. The Kier molecular flexibility index (Phi) is 2.28. The van der Waals surface area contributed by atoms with Crippen LogP contribution in [-0.4, -0.2) is 23.0 Å². The number of fused-ring (bicyclic) bond motifs is 6. The summed E-state index contributed by atoms with van der Waals surface area (Å²) in [5, 5.41) is 1.47. The summed E-state index contributed by atoms with van der Waals surface area (Å²) >= 11 is 0. The lowest BCUT2D eigenvalue weighted by Crippen LogP contribution is -2.41. The quantitative estimate of drug-likeness (QED) is 0.803. The minimum atomic E-state index is 0.615. The van der Waals surface area contributed by atoms with Gasteiger partial charge in [0.15, 0.2) is 0 Å². The van der Waals surface area contributed by atoms with Crippen LogP contribution >= 0.6 is 0 Å². The number of aromatic amines is 1. The van der Waals surface area contributed by atoms with E-state index in [9.17, 15) is 0 Å². The molecule has 3 heterocycles. The molecule has 1 aromatic heterocycles. The Morgan fingerprint density at radius 3 is 3.11 bits per heavy atom. The molecule has 0 spiro atoms. The molecule has 4 rings (SSSR count). The summed E-state index contributed by atoms with van der Waals surface area (Å²) in [5.74, 6) is 0.757. The molecule has 1 unspecified atom stereocenters. The molecule has 0 saturated carbocycles. The Morgan fingerprint density at radius 1 is 1.33 bits per heavy atom. The fourth-order valence-corrected chi connectivity index (χ4v) is 4.06. The number of nitrogens with zero attached hydrogens (tertiary/aromatic N) is 1. The number of rotatable bonds is 1. The van der Waals surface area contributed by atoms with Gasteiger partial charge in [-0.3, -0.25) is 4.90 Å². The van der Waals surface area contributed by atoms with Crippen molar-refractivity contribution in [2.24, 2.45) is 0 Å². The van der Waals surface area contributed by atoms with Crippen molar-refractivity contribution in [3.05, 3.63) is 35.5 Å². The van der Waals surface area contributed by atoms with Crippen molar-refractivity contribution >= 4 is 10.9 Å². The van der Waals surface area contributed by atoms with E-state index in [0.29, 0.717) is 6.04 Å². The fraction of sp³-hybridized carbons (Fsp3) is 0.500. The molecule has 2 aliphatic rings. The highest BCUT2D eigenvalue weighted by Crippen LogP contribution is 2.45. The largest absolute Gasteiger partial charge is 0.357 e. The van der Waals surface area contributed by atoms with Gasteiger partial charge in [0.05, 0.1) is 0 Å². The first-order valence-corrected chi connectivity index (χ1v) is 7.23. The number of H-pyrrole nitrogens is 1. The number of piperidine rings is 1. The monoisotopic (exact) mass is 240 g/mol. The number of nitrogens with one attached hydrogen (secondary N) is 1. The molecule has 3 atom stereocenters. The molecule has 2 heteroatoms. The van der Waals surface area contributed by atoms with Gasteiger partial charge in [-0.15, -0.1) is 0 Å². The molecule has 0 radical (unpaired) electrons. The summed E-state index contributed by atoms with van der Waals surface area (Å²) < 4.78 is 0. The molecule has 94 valence electrons. The maximum atomic E-state index is 3.70. The van der Waals surface area contributed by atoms with Gasteiger partial charge in [0.1, 0.15) is 0 Å². The van der Waals surface area contributed by atoms with Gasteiger partial charge in [-0.05, 0) is 43.4 Å². The molecule has 1 aromatic carbocycles. The lowest BCUT2D eigenvalue weighted by atomic mass is 9.82. The summed E-state index contributed by atoms with van der Waals surface area (Å²) in [4.78, 5) is 6.39. The van der Waals surface area contributed by atoms with Gasteiger partial charge >= 0.3 is 0 Å². The van der Waals surface area contributed by atoms with Crippen LogP contribution in [0, 0.1) is 0 Å². The van der Waals surface area contributed by atoms with E-state index in [2.05, 4.69) is 41.1 Å². The molecule has 1 N–H and O–H groups in total. The summed E-state index contributed by atoms with van der Waals surface area (Å²) in [5.41, 5.74) is 4.47. The van der Waals surface area contributed by atoms with Crippen LogP contribution in [0.1, 0.15) is 49.4 Å². The number of benzene rings is 1. The minimum absolute atomic E-state index is 0.615. The van der Waals surface area contributed by atoms with E-state index in [1.54, 1.807) is 5.56 Å². The first-order chi connectivity index (χ1) is 8.88. The van der Waals surface area contributed by atoms with Crippen molar-refractivity contribution in [3.63, 3.8) is 0 Å². The molecular formula is C16H20N2. The van der Waals surface area contributed by atoms with Crippen LogP contribution in [0.2, 0.25) is 0 Å². The molecule has 0 amide bonds. The zero-order chi connectivity index (χ0) is 12.1. The van der Waals surface area contributed by atoms with E-state index in [-0.39, 0.29) is 0 Å². The molecule has 0 aliphatic carbocycles. The van der Waals surface area contributed by atoms with Gasteiger partial charge in [0.2, 0.25) is 0 Å². The van der Waals surface area contributed by atoms with E-state index >= 15 is 0 Å². The summed E-state index contributed by atoms with van der Waals surface area (Å²) in [6.45, 7) is 4.87. The second-order valence-corrected chi connectivity index (χ2v) is 5.76. The molecule has 2 aliphatic heterocycles. The van der Waals surface area contributed by atoms with Gasteiger partial charge in [-0.1, -0.05) is 25.1 Å². The Morgan fingerprint density at radius 2 is 2.22 bits per heavy atom. The smallest absolute Gasteiger partial charge is 0.0499 e. The highest BCUT2D eigenvalue weighted by molar-refractivity contribution is 5.85. The number of hydrogen-bond acceptors (Lipinski definition) is 1. The Hall–Kier alpha value is -1.28. The summed E-state index contributed by atoms with van der Waals surface area (Å²) in [6.07, 6.45) is 3.94. The SMILES string of the molecule is CC[C@H]1c2[nH]c3ccccc3c2[C@H]2CCCN1C2. The summed E-state index contributed by atoms with van der Waals surface area (Å²) in [7, 11) is 0. The van der Waals surface area contributed by atoms with Gasteiger partial charge in [-0.25, -0.2) is 0 Å². The number of para-hydroxylation sites is 1. The van der Waals surface area contributed by atoms with Crippen LogP contribution in [0.25, 0.3) is 10.9 Å². The van der Waals surface area contributed by atoms with Crippen molar-refractivity contribution in [1.29, 1.82) is 0 Å². The van der Waals surface area contributed by atoms with E-state index in [1.807, 2.05) is 0 Å². The summed E-state index contributed by atoms with van der Waals surface area (Å²) in [6, 6.07) is 9.44. The van der Waals surface area contributed by atoms with E-state index in [0.717, 1.165) is 5.92 Å². The van der Waals surface area contributed by atoms with Crippen LogP contribution in [-0.2, 0) is 0 Å². The normalized spacial score (nSPS) is 30.4. The lowest BCUT2D eigenvalue weighted by Gasteiger charge is -2.43. The highest BCUT2D eigenvalue weighted by Gasteiger charge is 2.36. The number of aromatic nitrogens is 1. The third-order valence-electron chi connectivity index (χ3n) is 4.80. The first kappa shape index (κ1) is 10.6. The molecule has 1 saturated heterocycles. The van der Waals surface area contributed by atoms with E-state index in [1.165, 1.54) is 48.9 Å². The maximum absolute atomic E-state index is 3.70. The second kappa shape index (κ2) is 3.86. The van der Waals surface area contributed by atoms with Crippen LogP contribution < -0.4 is 0 Å². The Balaban J connectivity index is 1.98. The standard InChI is InChI=1S/C16H20N2/c1-2-14-16-15(11-6-5-9-18(14)10-11)12-7-3-4-8-13(12)17-16/h3-4,7-8,11,14,17H,2,5-6,9-10H2,1H3/t11-,14-/m0/s1. The van der Waals surface area contributed by atoms with Crippen molar-refractivity contribution < 1.29 is 0 Å². The van der Waals surface area contributed by atoms with Crippen molar-refractivity contribution in [3.8, 4) is 0 Å². The predicted octanol–water partition coefficient (Wildman–Crippen LogP) is 3.81. The molecule has 1 fully saturated rings. The average molecular weight is 240 g/mol. The van der Waals surface area contributed by atoms with Gasteiger partial charge in [0.25, 0.3) is 0 Å². The Bertz CT molecular complexity index is 584. The Labute approximate surface area is 108 Å². The molecule has 2 bridgehead atoms. The van der Waals surface area contributed by atoms with Crippen molar-refractivity contribution in [2.75, 3.05) is 13.1 Å².